The van der Waals surface area contributed by atoms with E-state index in [1.54, 1.807) is 12.0 Å². The third-order valence-corrected chi connectivity index (χ3v) is 4.70. The normalized spacial score (nSPS) is 17.1. The molecule has 0 spiro atoms. The van der Waals surface area contributed by atoms with Gasteiger partial charge < -0.3 is 14.8 Å². The van der Waals surface area contributed by atoms with Gasteiger partial charge in [0.1, 0.15) is 18.2 Å². The maximum Gasteiger partial charge on any atom is 0.415 e. The number of nitrogens with zero attached hydrogens (tertiary/aromatic N) is 3. The lowest BCUT2D eigenvalue weighted by atomic mass is 10.0. The number of cyclic esters (lactones) is 1. The number of carbonyl (C=O) groups is 1. The van der Waals surface area contributed by atoms with E-state index in [0.29, 0.717) is 18.4 Å². The van der Waals surface area contributed by atoms with Crippen LogP contribution in [0.3, 0.4) is 0 Å². The molecule has 2 aromatic rings. The van der Waals surface area contributed by atoms with Gasteiger partial charge in [-0.3, -0.25) is 4.90 Å². The summed E-state index contributed by atoms with van der Waals surface area (Å²) in [6, 6.07) is 9.59. The summed E-state index contributed by atoms with van der Waals surface area (Å²) in [6.07, 6.45) is -0.362. The van der Waals surface area contributed by atoms with Gasteiger partial charge in [0.2, 0.25) is 5.95 Å². The standard InChI is InChI=1S/C20H26N4O3.ClH/c1-12(2)17-11-27-20(25)24(17)18-9-13(3)21-19(23-18)22-14(4)15-7-6-8-16(10-15)26-5;/h6-10,12,14,17H,11H2,1-5H3,(H,21,22,23);1H/t14-,17+;/m0./s1. The summed E-state index contributed by atoms with van der Waals surface area (Å²) < 4.78 is 10.5. The van der Waals surface area contributed by atoms with Gasteiger partial charge in [-0.05, 0) is 37.5 Å². The van der Waals surface area contributed by atoms with Crippen molar-refractivity contribution >= 4 is 30.3 Å². The molecule has 7 nitrogen and oxygen atoms in total. The lowest BCUT2D eigenvalue weighted by Crippen LogP contribution is -2.38. The molecule has 1 N–H and O–H groups in total. The maximum absolute atomic E-state index is 12.2. The van der Waals surface area contributed by atoms with E-state index in [2.05, 4.69) is 29.1 Å². The smallest absolute Gasteiger partial charge is 0.415 e. The number of carbonyl (C=O) groups excluding carboxylic acids is 1. The SMILES string of the molecule is COc1cccc([C@H](C)Nc2nc(C)cc(N3C(=O)OC[C@@H]3C(C)C)n2)c1.Cl. The fourth-order valence-electron chi connectivity index (χ4n) is 3.12. The largest absolute Gasteiger partial charge is 0.497 e. The number of hydrogen-bond acceptors (Lipinski definition) is 6. The molecule has 1 fully saturated rings. The molecular formula is C20H27ClN4O3. The van der Waals surface area contributed by atoms with E-state index in [-0.39, 0.29) is 36.5 Å². The number of amides is 1. The van der Waals surface area contributed by atoms with Gasteiger partial charge in [-0.15, -0.1) is 12.4 Å². The summed E-state index contributed by atoms with van der Waals surface area (Å²) in [4.78, 5) is 22.9. The molecule has 1 amide bonds. The van der Waals surface area contributed by atoms with Gasteiger partial charge in [-0.2, -0.15) is 4.98 Å². The second kappa shape index (κ2) is 9.10. The molecule has 1 aliphatic heterocycles. The minimum absolute atomic E-state index is 0. The van der Waals surface area contributed by atoms with E-state index in [1.165, 1.54) is 0 Å². The first-order valence-corrected chi connectivity index (χ1v) is 9.11. The van der Waals surface area contributed by atoms with Gasteiger partial charge in [-0.25, -0.2) is 9.78 Å². The van der Waals surface area contributed by atoms with E-state index in [0.717, 1.165) is 17.0 Å². The number of rotatable bonds is 6. The summed E-state index contributed by atoms with van der Waals surface area (Å²) >= 11 is 0. The number of hydrogen-bond donors (Lipinski definition) is 1. The molecule has 3 rings (SSSR count). The Balaban J connectivity index is 0.00000280. The highest BCUT2D eigenvalue weighted by atomic mass is 35.5. The van der Waals surface area contributed by atoms with Crippen molar-refractivity contribution in [1.82, 2.24) is 9.97 Å². The summed E-state index contributed by atoms with van der Waals surface area (Å²) in [7, 11) is 1.65. The summed E-state index contributed by atoms with van der Waals surface area (Å²) in [5.74, 6) is 2.09. The molecule has 1 aromatic carbocycles. The van der Waals surface area contributed by atoms with Crippen molar-refractivity contribution < 1.29 is 14.3 Å². The minimum Gasteiger partial charge on any atom is -0.497 e. The van der Waals surface area contributed by atoms with Gasteiger partial charge >= 0.3 is 6.09 Å². The average molecular weight is 407 g/mol. The van der Waals surface area contributed by atoms with Gasteiger partial charge in [0.05, 0.1) is 19.2 Å². The highest BCUT2D eigenvalue weighted by molar-refractivity contribution is 5.89. The average Bonchev–Trinajstić information content (AvgIpc) is 3.03. The Labute approximate surface area is 171 Å². The van der Waals surface area contributed by atoms with Gasteiger partial charge in [0.25, 0.3) is 0 Å². The summed E-state index contributed by atoms with van der Waals surface area (Å²) in [5, 5.41) is 3.32. The van der Waals surface area contributed by atoms with Gasteiger partial charge in [-0.1, -0.05) is 26.0 Å². The number of methoxy groups -OCH3 is 1. The number of aromatic nitrogens is 2. The first-order chi connectivity index (χ1) is 12.9. The Morgan fingerprint density at radius 2 is 2.00 bits per heavy atom. The molecular weight excluding hydrogens is 380 g/mol. The van der Waals surface area contributed by atoms with Crippen molar-refractivity contribution in [3.8, 4) is 5.75 Å². The Kier molecular flexibility index (Phi) is 7.07. The van der Waals surface area contributed by atoms with Crippen LogP contribution in [0.15, 0.2) is 30.3 Å². The zero-order chi connectivity index (χ0) is 19.6. The van der Waals surface area contributed by atoms with Crippen molar-refractivity contribution in [3.63, 3.8) is 0 Å². The zero-order valence-electron chi connectivity index (χ0n) is 16.8. The molecule has 2 atom stereocenters. The van der Waals surface area contributed by atoms with Crippen LogP contribution in [-0.2, 0) is 4.74 Å². The number of aryl methyl sites for hydroxylation is 1. The molecule has 0 unspecified atom stereocenters. The van der Waals surface area contributed by atoms with Crippen LogP contribution in [-0.4, -0.2) is 35.8 Å². The van der Waals surface area contributed by atoms with Crippen molar-refractivity contribution in [3.05, 3.63) is 41.6 Å². The van der Waals surface area contributed by atoms with Crippen LogP contribution < -0.4 is 15.0 Å². The fraction of sp³-hybridized carbons (Fsp3) is 0.450. The number of nitrogens with one attached hydrogen (secondary N) is 1. The first kappa shape index (κ1) is 21.8. The van der Waals surface area contributed by atoms with Crippen LogP contribution in [0.5, 0.6) is 5.75 Å². The molecule has 1 aliphatic rings. The predicted molar refractivity (Wildman–Crippen MR) is 112 cm³/mol. The van der Waals surface area contributed by atoms with Crippen LogP contribution in [0, 0.1) is 12.8 Å². The maximum atomic E-state index is 12.2. The Morgan fingerprint density at radius 1 is 1.25 bits per heavy atom. The number of benzene rings is 1. The van der Waals surface area contributed by atoms with Crippen LogP contribution in [0.4, 0.5) is 16.6 Å². The first-order valence-electron chi connectivity index (χ1n) is 9.11. The van der Waals surface area contributed by atoms with Crippen LogP contribution in [0.2, 0.25) is 0 Å². The van der Waals surface area contributed by atoms with Crippen molar-refractivity contribution in [2.24, 2.45) is 5.92 Å². The lowest BCUT2D eigenvalue weighted by Gasteiger charge is -2.24. The van der Waals surface area contributed by atoms with Crippen LogP contribution in [0.25, 0.3) is 0 Å². The lowest BCUT2D eigenvalue weighted by molar-refractivity contribution is 0.177. The van der Waals surface area contributed by atoms with E-state index in [9.17, 15) is 4.79 Å². The summed E-state index contributed by atoms with van der Waals surface area (Å²) in [6.45, 7) is 8.43. The molecule has 28 heavy (non-hydrogen) atoms. The number of halogens is 1. The van der Waals surface area contributed by atoms with E-state index < -0.39 is 0 Å². The molecule has 1 aromatic heterocycles. The second-order valence-electron chi connectivity index (χ2n) is 7.09. The van der Waals surface area contributed by atoms with Crippen molar-refractivity contribution in [1.29, 1.82) is 0 Å². The molecule has 0 radical (unpaired) electrons. The number of anilines is 2. The van der Waals surface area contributed by atoms with Crippen LogP contribution in [0.1, 0.15) is 38.1 Å². The molecule has 0 bridgehead atoms. The molecule has 0 saturated carbocycles. The molecule has 1 saturated heterocycles. The van der Waals surface area contributed by atoms with Gasteiger partial charge in [0.15, 0.2) is 0 Å². The Morgan fingerprint density at radius 3 is 2.68 bits per heavy atom. The highest BCUT2D eigenvalue weighted by Gasteiger charge is 2.37. The highest BCUT2D eigenvalue weighted by Crippen LogP contribution is 2.28. The molecule has 2 heterocycles. The second-order valence-corrected chi connectivity index (χ2v) is 7.09. The quantitative estimate of drug-likeness (QED) is 0.767. The molecule has 8 heteroatoms. The van der Waals surface area contributed by atoms with E-state index in [4.69, 9.17) is 9.47 Å². The predicted octanol–water partition coefficient (Wildman–Crippen LogP) is 4.37. The monoisotopic (exact) mass is 406 g/mol. The summed E-state index contributed by atoms with van der Waals surface area (Å²) in [5.41, 5.74) is 1.84. The molecule has 152 valence electrons. The zero-order valence-corrected chi connectivity index (χ0v) is 17.6. The Hall–Kier alpha value is -2.54. The van der Waals surface area contributed by atoms with Gasteiger partial charge in [0, 0.05) is 11.8 Å². The molecule has 0 aliphatic carbocycles. The van der Waals surface area contributed by atoms with Crippen molar-refractivity contribution in [2.45, 2.75) is 39.8 Å². The number of ether oxygens (including phenoxy) is 2. The van der Waals surface area contributed by atoms with E-state index >= 15 is 0 Å². The third-order valence-electron chi connectivity index (χ3n) is 4.70. The topological polar surface area (TPSA) is 76.6 Å². The van der Waals surface area contributed by atoms with E-state index in [1.807, 2.05) is 44.2 Å². The Bertz CT molecular complexity index is 831. The fourth-order valence-corrected chi connectivity index (χ4v) is 3.12. The van der Waals surface area contributed by atoms with Crippen molar-refractivity contribution in [2.75, 3.05) is 23.9 Å². The van der Waals surface area contributed by atoms with Crippen LogP contribution >= 0.6 is 12.4 Å². The third kappa shape index (κ3) is 4.65. The minimum atomic E-state index is -0.362.